The third-order valence-corrected chi connectivity index (χ3v) is 6.16. The van der Waals surface area contributed by atoms with Crippen molar-refractivity contribution in [2.24, 2.45) is 5.41 Å². The number of carbonyl (C=O) groups is 2. The van der Waals surface area contributed by atoms with Gasteiger partial charge in [0.2, 0.25) is 0 Å². The maximum Gasteiger partial charge on any atom is 0.314 e. The standard InChI is InChI=1S/C20H26N2O3S.CH2O2/c1-4-8-20(19(24)25)12-22(9-7-17(20)23)18-10-13(2)15-11-14(26-3)5-6-16(15)21-18;2-1-3/h5-6,10-11,17,23H,4,7-9,12H2,1-3H3,(H,24,25);1H,(H,2,3)/t17-,20+;/m1./s1. The molecular weight excluding hydrogens is 392 g/mol. The zero-order valence-electron chi connectivity index (χ0n) is 17.0. The van der Waals surface area contributed by atoms with E-state index in [1.807, 2.05) is 24.0 Å². The lowest BCUT2D eigenvalue weighted by Crippen LogP contribution is -2.56. The number of hydrogen-bond acceptors (Lipinski definition) is 6. The van der Waals surface area contributed by atoms with E-state index in [0.29, 0.717) is 19.4 Å². The zero-order valence-corrected chi connectivity index (χ0v) is 17.8. The van der Waals surface area contributed by atoms with Crippen molar-refractivity contribution < 1.29 is 24.9 Å². The van der Waals surface area contributed by atoms with Gasteiger partial charge in [-0.05, 0) is 55.9 Å². The summed E-state index contributed by atoms with van der Waals surface area (Å²) in [6.07, 6.45) is 2.86. The van der Waals surface area contributed by atoms with Gasteiger partial charge in [0.15, 0.2) is 0 Å². The normalized spacial score (nSPS) is 21.4. The molecule has 1 aliphatic heterocycles. The largest absolute Gasteiger partial charge is 0.483 e. The molecular formula is C21H28N2O5S. The van der Waals surface area contributed by atoms with Gasteiger partial charge in [0.05, 0.1) is 11.6 Å². The first-order valence-electron chi connectivity index (χ1n) is 9.52. The SMILES string of the molecule is CCC[C@]1(C(=O)O)CN(c2cc(C)c3cc(SC)ccc3n2)CC[C@H]1O.O=CO. The fourth-order valence-corrected chi connectivity index (χ4v) is 4.37. The lowest BCUT2D eigenvalue weighted by atomic mass is 9.74. The van der Waals surface area contributed by atoms with E-state index in [0.717, 1.165) is 28.7 Å². The molecule has 0 bridgehead atoms. The molecule has 1 aromatic carbocycles. The number of nitrogens with zero attached hydrogens (tertiary/aromatic N) is 2. The van der Waals surface area contributed by atoms with Crippen LogP contribution in [0.25, 0.3) is 10.9 Å². The summed E-state index contributed by atoms with van der Waals surface area (Å²) in [5, 5.41) is 28.3. The summed E-state index contributed by atoms with van der Waals surface area (Å²) < 4.78 is 0. The second-order valence-corrected chi connectivity index (χ2v) is 8.10. The number of aryl methyl sites for hydroxylation is 1. The van der Waals surface area contributed by atoms with Crippen molar-refractivity contribution in [1.82, 2.24) is 4.98 Å². The summed E-state index contributed by atoms with van der Waals surface area (Å²) in [6.45, 7) is 4.67. The molecule has 8 heteroatoms. The zero-order chi connectivity index (χ0) is 21.6. The topological polar surface area (TPSA) is 111 Å². The van der Waals surface area contributed by atoms with Gasteiger partial charge in [-0.2, -0.15) is 0 Å². The summed E-state index contributed by atoms with van der Waals surface area (Å²) >= 11 is 1.70. The first-order chi connectivity index (χ1) is 13.8. The molecule has 3 N–H and O–H groups in total. The first-order valence-corrected chi connectivity index (χ1v) is 10.7. The molecule has 2 aromatic rings. The van der Waals surface area contributed by atoms with Crippen LogP contribution in [0.5, 0.6) is 0 Å². The molecule has 158 valence electrons. The quantitative estimate of drug-likeness (QED) is 0.498. The highest BCUT2D eigenvalue weighted by atomic mass is 32.2. The molecule has 0 spiro atoms. The molecule has 1 fully saturated rings. The Balaban J connectivity index is 0.000000941. The molecule has 7 nitrogen and oxygen atoms in total. The van der Waals surface area contributed by atoms with E-state index in [9.17, 15) is 15.0 Å². The van der Waals surface area contributed by atoms with Crippen LogP contribution in [0.4, 0.5) is 5.82 Å². The second-order valence-electron chi connectivity index (χ2n) is 7.22. The van der Waals surface area contributed by atoms with Crippen LogP contribution in [0.1, 0.15) is 31.7 Å². The van der Waals surface area contributed by atoms with Gasteiger partial charge in [0.1, 0.15) is 11.2 Å². The molecule has 1 aliphatic rings. The highest BCUT2D eigenvalue weighted by Gasteiger charge is 2.48. The van der Waals surface area contributed by atoms with E-state index in [2.05, 4.69) is 25.3 Å². The predicted octanol–water partition coefficient (Wildman–Crippen LogP) is 3.41. The summed E-state index contributed by atoms with van der Waals surface area (Å²) in [6, 6.07) is 8.25. The molecule has 2 atom stereocenters. The van der Waals surface area contributed by atoms with E-state index >= 15 is 0 Å². The maximum atomic E-state index is 12.0. The Morgan fingerprint density at radius 1 is 1.41 bits per heavy atom. The number of aliphatic hydroxyl groups excluding tert-OH is 1. The summed E-state index contributed by atoms with van der Waals surface area (Å²) in [4.78, 5) is 28.4. The molecule has 2 heterocycles. The van der Waals surface area contributed by atoms with Crippen LogP contribution < -0.4 is 4.90 Å². The minimum absolute atomic E-state index is 0.250. The highest BCUT2D eigenvalue weighted by molar-refractivity contribution is 7.98. The Morgan fingerprint density at radius 3 is 2.69 bits per heavy atom. The van der Waals surface area contributed by atoms with Crippen molar-refractivity contribution in [2.75, 3.05) is 24.2 Å². The third kappa shape index (κ3) is 4.82. The number of rotatable bonds is 5. The van der Waals surface area contributed by atoms with Gasteiger partial charge in [0.25, 0.3) is 6.47 Å². The molecule has 0 unspecified atom stereocenters. The van der Waals surface area contributed by atoms with Gasteiger partial charge in [-0.15, -0.1) is 11.8 Å². The molecule has 1 aromatic heterocycles. The highest BCUT2D eigenvalue weighted by Crippen LogP contribution is 2.37. The van der Waals surface area contributed by atoms with Crippen molar-refractivity contribution in [1.29, 1.82) is 0 Å². The molecule has 0 saturated carbocycles. The number of benzene rings is 1. The lowest BCUT2D eigenvalue weighted by molar-refractivity contribution is -0.158. The molecule has 0 amide bonds. The molecule has 3 rings (SSSR count). The van der Waals surface area contributed by atoms with Crippen molar-refractivity contribution in [3.8, 4) is 0 Å². The number of thioether (sulfide) groups is 1. The van der Waals surface area contributed by atoms with Crippen molar-refractivity contribution in [3.05, 3.63) is 29.8 Å². The van der Waals surface area contributed by atoms with E-state index in [1.165, 1.54) is 4.90 Å². The fraction of sp³-hybridized carbons (Fsp3) is 0.476. The molecule has 1 saturated heterocycles. The van der Waals surface area contributed by atoms with E-state index < -0.39 is 17.5 Å². The number of piperidine rings is 1. The minimum Gasteiger partial charge on any atom is -0.483 e. The lowest BCUT2D eigenvalue weighted by Gasteiger charge is -2.44. The summed E-state index contributed by atoms with van der Waals surface area (Å²) in [7, 11) is 0. The van der Waals surface area contributed by atoms with Crippen LogP contribution in [-0.4, -0.2) is 58.2 Å². The number of fused-ring (bicyclic) bond motifs is 1. The van der Waals surface area contributed by atoms with E-state index in [1.54, 1.807) is 11.8 Å². The maximum absolute atomic E-state index is 12.0. The Kier molecular flexibility index (Phi) is 7.87. The number of pyridine rings is 1. The second kappa shape index (κ2) is 9.93. The number of hydrogen-bond donors (Lipinski definition) is 3. The van der Waals surface area contributed by atoms with Gasteiger partial charge < -0.3 is 20.2 Å². The van der Waals surface area contributed by atoms with Crippen LogP contribution in [-0.2, 0) is 9.59 Å². The summed E-state index contributed by atoms with van der Waals surface area (Å²) in [5.41, 5.74) is 0.920. The Hall–Kier alpha value is -2.32. The van der Waals surface area contributed by atoms with Crippen LogP contribution >= 0.6 is 11.8 Å². The molecule has 29 heavy (non-hydrogen) atoms. The van der Waals surface area contributed by atoms with Gasteiger partial charge in [-0.25, -0.2) is 4.98 Å². The molecule has 0 radical (unpaired) electrons. The van der Waals surface area contributed by atoms with E-state index in [4.69, 9.17) is 14.9 Å². The van der Waals surface area contributed by atoms with Crippen LogP contribution in [0.3, 0.4) is 0 Å². The predicted molar refractivity (Wildman–Crippen MR) is 115 cm³/mol. The van der Waals surface area contributed by atoms with Gasteiger partial charge in [-0.3, -0.25) is 9.59 Å². The average molecular weight is 421 g/mol. The first kappa shape index (κ1) is 23.0. The monoisotopic (exact) mass is 420 g/mol. The van der Waals surface area contributed by atoms with Gasteiger partial charge >= 0.3 is 5.97 Å². The van der Waals surface area contributed by atoms with E-state index in [-0.39, 0.29) is 13.0 Å². The molecule has 0 aliphatic carbocycles. The fourth-order valence-electron chi connectivity index (χ4n) is 3.93. The third-order valence-electron chi connectivity index (χ3n) is 5.44. The van der Waals surface area contributed by atoms with Crippen LogP contribution in [0, 0.1) is 12.3 Å². The number of carboxylic acid groups (broad SMARTS) is 2. The number of aromatic nitrogens is 1. The summed E-state index contributed by atoms with van der Waals surface area (Å²) in [5.74, 6) is -0.126. The van der Waals surface area contributed by atoms with Gasteiger partial charge in [0, 0.05) is 23.4 Å². The van der Waals surface area contributed by atoms with Crippen molar-refractivity contribution >= 4 is 40.9 Å². The number of anilines is 1. The van der Waals surface area contributed by atoms with Crippen LogP contribution in [0.15, 0.2) is 29.2 Å². The Morgan fingerprint density at radius 2 is 2.10 bits per heavy atom. The average Bonchev–Trinajstić information content (AvgIpc) is 2.70. The van der Waals surface area contributed by atoms with Crippen LogP contribution in [0.2, 0.25) is 0 Å². The minimum atomic E-state index is -1.12. The smallest absolute Gasteiger partial charge is 0.314 e. The van der Waals surface area contributed by atoms with Gasteiger partial charge in [-0.1, -0.05) is 13.3 Å². The Labute approximate surface area is 174 Å². The van der Waals surface area contributed by atoms with Crippen molar-refractivity contribution in [3.63, 3.8) is 0 Å². The van der Waals surface area contributed by atoms with Crippen molar-refractivity contribution in [2.45, 2.75) is 44.1 Å². The number of aliphatic carboxylic acids is 1. The Bertz CT molecular complexity index is 876. The number of aliphatic hydroxyl groups is 1. The number of carboxylic acids is 1.